The summed E-state index contributed by atoms with van der Waals surface area (Å²) in [6.07, 6.45) is 12.1. The minimum Gasteiger partial charge on any atom is -0.339 e. The van der Waals surface area contributed by atoms with E-state index in [9.17, 15) is 0 Å². The monoisotopic (exact) mass is 260 g/mol. The number of nitrogens with one attached hydrogen (secondary N) is 1. The van der Waals surface area contributed by atoms with Gasteiger partial charge in [-0.25, -0.2) is 9.97 Å². The Bertz CT molecular complexity index is 397. The summed E-state index contributed by atoms with van der Waals surface area (Å²) in [6.45, 7) is 2.09. The Balaban J connectivity index is 1.65. The van der Waals surface area contributed by atoms with Gasteiger partial charge in [0.2, 0.25) is 5.95 Å². The van der Waals surface area contributed by atoms with Crippen molar-refractivity contribution in [1.82, 2.24) is 15.3 Å². The molecule has 1 atom stereocenters. The molecule has 1 aromatic heterocycles. The minimum absolute atomic E-state index is 0.585. The van der Waals surface area contributed by atoms with E-state index in [1.165, 1.54) is 44.1 Å². The van der Waals surface area contributed by atoms with E-state index < -0.39 is 0 Å². The molecular weight excluding hydrogens is 236 g/mol. The van der Waals surface area contributed by atoms with Gasteiger partial charge in [0, 0.05) is 31.5 Å². The van der Waals surface area contributed by atoms with Crippen molar-refractivity contribution in [2.45, 2.75) is 50.5 Å². The molecule has 0 spiro atoms. The number of likely N-dealkylation sites (N-methyl/N-ethyl adjacent to an activating group) is 1. The molecule has 0 amide bonds. The molecule has 1 aliphatic heterocycles. The molecular formula is C15H24N4. The Hall–Kier alpha value is -1.16. The second kappa shape index (κ2) is 5.87. The molecule has 2 heterocycles. The highest BCUT2D eigenvalue weighted by Gasteiger charge is 2.23. The Morgan fingerprint density at radius 1 is 1.11 bits per heavy atom. The Morgan fingerprint density at radius 3 is 2.47 bits per heavy atom. The van der Waals surface area contributed by atoms with Gasteiger partial charge in [-0.3, -0.25) is 0 Å². The summed E-state index contributed by atoms with van der Waals surface area (Å²) in [5.74, 6) is 1.60. The highest BCUT2D eigenvalue weighted by Crippen LogP contribution is 2.32. The lowest BCUT2D eigenvalue weighted by Crippen LogP contribution is -2.30. The second-order valence-electron chi connectivity index (χ2n) is 5.87. The average Bonchev–Trinajstić information content (AvgIpc) is 2.97. The van der Waals surface area contributed by atoms with Crippen LogP contribution in [0, 0.1) is 0 Å². The number of aromatic nitrogens is 2. The number of rotatable bonds is 3. The molecule has 2 aliphatic rings. The van der Waals surface area contributed by atoms with Crippen molar-refractivity contribution in [3.63, 3.8) is 0 Å². The predicted molar refractivity (Wildman–Crippen MR) is 77.5 cm³/mol. The first-order chi connectivity index (χ1) is 9.36. The van der Waals surface area contributed by atoms with Crippen LogP contribution in [0.4, 0.5) is 5.95 Å². The van der Waals surface area contributed by atoms with Crippen molar-refractivity contribution in [2.24, 2.45) is 0 Å². The number of hydrogen-bond acceptors (Lipinski definition) is 4. The van der Waals surface area contributed by atoms with Crippen LogP contribution in [-0.2, 0) is 0 Å². The van der Waals surface area contributed by atoms with Crippen molar-refractivity contribution < 1.29 is 0 Å². The molecule has 19 heavy (non-hydrogen) atoms. The number of nitrogens with zero attached hydrogens (tertiary/aromatic N) is 3. The van der Waals surface area contributed by atoms with Crippen LogP contribution in [0.1, 0.15) is 50.0 Å². The predicted octanol–water partition coefficient (Wildman–Crippen LogP) is 2.32. The van der Waals surface area contributed by atoms with Gasteiger partial charge in [-0.1, -0.05) is 19.3 Å². The van der Waals surface area contributed by atoms with Crippen LogP contribution >= 0.6 is 0 Å². The summed E-state index contributed by atoms with van der Waals surface area (Å²) in [5, 5.41) is 3.33. The van der Waals surface area contributed by atoms with Crippen molar-refractivity contribution in [3.05, 3.63) is 18.0 Å². The summed E-state index contributed by atoms with van der Waals surface area (Å²) >= 11 is 0. The van der Waals surface area contributed by atoms with Crippen LogP contribution in [-0.4, -0.2) is 36.1 Å². The van der Waals surface area contributed by atoms with Gasteiger partial charge in [-0.2, -0.15) is 0 Å². The summed E-state index contributed by atoms with van der Waals surface area (Å²) in [4.78, 5) is 11.5. The minimum atomic E-state index is 0.585. The third-order valence-corrected chi connectivity index (χ3v) is 4.61. The SMILES string of the molecule is CNC1CCN(c2ncc(C3CCCCC3)cn2)C1. The van der Waals surface area contributed by atoms with Crippen LogP contribution < -0.4 is 10.2 Å². The molecule has 4 nitrogen and oxygen atoms in total. The first-order valence-electron chi connectivity index (χ1n) is 7.61. The van der Waals surface area contributed by atoms with E-state index in [1.54, 1.807) is 0 Å². The zero-order valence-corrected chi connectivity index (χ0v) is 11.8. The topological polar surface area (TPSA) is 41.0 Å². The first-order valence-corrected chi connectivity index (χ1v) is 7.61. The molecule has 0 bridgehead atoms. The van der Waals surface area contributed by atoms with E-state index in [1.807, 2.05) is 7.05 Å². The van der Waals surface area contributed by atoms with Crippen LogP contribution in [0.5, 0.6) is 0 Å². The normalized spacial score (nSPS) is 24.9. The van der Waals surface area contributed by atoms with Gasteiger partial charge in [0.25, 0.3) is 0 Å². The molecule has 1 saturated carbocycles. The van der Waals surface area contributed by atoms with E-state index in [4.69, 9.17) is 0 Å². The van der Waals surface area contributed by atoms with E-state index in [0.29, 0.717) is 12.0 Å². The molecule has 104 valence electrons. The van der Waals surface area contributed by atoms with Crippen molar-refractivity contribution in [1.29, 1.82) is 0 Å². The van der Waals surface area contributed by atoms with Gasteiger partial charge in [0.05, 0.1) is 0 Å². The summed E-state index contributed by atoms with van der Waals surface area (Å²) in [7, 11) is 2.03. The van der Waals surface area contributed by atoms with E-state index in [2.05, 4.69) is 32.6 Å². The fraction of sp³-hybridized carbons (Fsp3) is 0.733. The summed E-state index contributed by atoms with van der Waals surface area (Å²) < 4.78 is 0. The Kier molecular flexibility index (Phi) is 3.97. The van der Waals surface area contributed by atoms with Crippen LogP contribution in [0.25, 0.3) is 0 Å². The maximum absolute atomic E-state index is 4.59. The maximum Gasteiger partial charge on any atom is 0.225 e. The number of hydrogen-bond donors (Lipinski definition) is 1. The molecule has 0 radical (unpaired) electrons. The third kappa shape index (κ3) is 2.89. The molecule has 0 aromatic carbocycles. The zero-order chi connectivity index (χ0) is 13.1. The summed E-state index contributed by atoms with van der Waals surface area (Å²) in [5.41, 5.74) is 1.34. The molecule has 2 fully saturated rings. The largest absolute Gasteiger partial charge is 0.339 e. The van der Waals surface area contributed by atoms with Gasteiger partial charge in [-0.15, -0.1) is 0 Å². The van der Waals surface area contributed by atoms with Crippen molar-refractivity contribution in [3.8, 4) is 0 Å². The lowest BCUT2D eigenvalue weighted by Gasteiger charge is -2.22. The van der Waals surface area contributed by atoms with Gasteiger partial charge in [0.1, 0.15) is 0 Å². The van der Waals surface area contributed by atoms with Gasteiger partial charge >= 0.3 is 0 Å². The second-order valence-corrected chi connectivity index (χ2v) is 5.87. The molecule has 1 aromatic rings. The molecule has 1 saturated heterocycles. The van der Waals surface area contributed by atoms with Gasteiger partial charge in [-0.05, 0) is 37.8 Å². The number of anilines is 1. The van der Waals surface area contributed by atoms with E-state index >= 15 is 0 Å². The van der Waals surface area contributed by atoms with Crippen LogP contribution in [0.2, 0.25) is 0 Å². The highest BCUT2D eigenvalue weighted by atomic mass is 15.3. The summed E-state index contributed by atoms with van der Waals surface area (Å²) in [6, 6.07) is 0.585. The van der Waals surface area contributed by atoms with E-state index in [0.717, 1.165) is 19.0 Å². The fourth-order valence-electron chi connectivity index (χ4n) is 3.32. The van der Waals surface area contributed by atoms with E-state index in [-0.39, 0.29) is 0 Å². The zero-order valence-electron chi connectivity index (χ0n) is 11.8. The lowest BCUT2D eigenvalue weighted by molar-refractivity contribution is 0.442. The lowest BCUT2D eigenvalue weighted by atomic mass is 9.85. The first kappa shape index (κ1) is 12.9. The van der Waals surface area contributed by atoms with Crippen LogP contribution in [0.15, 0.2) is 12.4 Å². The van der Waals surface area contributed by atoms with Crippen molar-refractivity contribution >= 4 is 5.95 Å². The molecule has 1 unspecified atom stereocenters. The molecule has 4 heteroatoms. The van der Waals surface area contributed by atoms with Crippen molar-refractivity contribution in [2.75, 3.05) is 25.0 Å². The quantitative estimate of drug-likeness (QED) is 0.905. The Labute approximate surface area is 115 Å². The highest BCUT2D eigenvalue weighted by molar-refractivity contribution is 5.33. The average molecular weight is 260 g/mol. The Morgan fingerprint density at radius 2 is 1.84 bits per heavy atom. The molecule has 1 aliphatic carbocycles. The smallest absolute Gasteiger partial charge is 0.225 e. The third-order valence-electron chi connectivity index (χ3n) is 4.61. The molecule has 1 N–H and O–H groups in total. The van der Waals surface area contributed by atoms with Gasteiger partial charge in [0.15, 0.2) is 0 Å². The maximum atomic E-state index is 4.59. The van der Waals surface area contributed by atoms with Crippen LogP contribution in [0.3, 0.4) is 0 Å². The van der Waals surface area contributed by atoms with Gasteiger partial charge < -0.3 is 10.2 Å². The molecule has 3 rings (SSSR count). The fourth-order valence-corrected chi connectivity index (χ4v) is 3.32. The standard InChI is InChI=1S/C15H24N4/c1-16-14-7-8-19(11-14)15-17-9-13(10-18-15)12-5-3-2-4-6-12/h9-10,12,14,16H,2-8,11H2,1H3.